The Morgan fingerprint density at radius 1 is 1.38 bits per heavy atom. The highest BCUT2D eigenvalue weighted by Gasteiger charge is 2.05. The van der Waals surface area contributed by atoms with Crippen LogP contribution in [0.4, 0.5) is 0 Å². The van der Waals surface area contributed by atoms with E-state index in [9.17, 15) is 0 Å². The number of hydrogen-bond donors (Lipinski definition) is 0. The normalized spacial score (nSPS) is 12.5. The highest BCUT2D eigenvalue weighted by atomic mass is 14.1. The van der Waals surface area contributed by atoms with Crippen LogP contribution in [0.15, 0.2) is 30.9 Å². The summed E-state index contributed by atoms with van der Waals surface area (Å²) in [5.41, 5.74) is 4.19. The molecule has 0 heterocycles. The van der Waals surface area contributed by atoms with E-state index in [2.05, 4.69) is 45.5 Å². The van der Waals surface area contributed by atoms with Crippen LogP contribution in [0, 0.1) is 13.8 Å². The third-order valence-corrected chi connectivity index (χ3v) is 2.48. The van der Waals surface area contributed by atoms with Gasteiger partial charge in [-0.1, -0.05) is 36.8 Å². The van der Waals surface area contributed by atoms with Crippen LogP contribution in [-0.2, 0) is 0 Å². The minimum absolute atomic E-state index is 0.595. The van der Waals surface area contributed by atoms with Gasteiger partial charge >= 0.3 is 0 Å². The molecular formula is C13H18. The van der Waals surface area contributed by atoms with Crippen LogP contribution in [0.25, 0.3) is 0 Å². The van der Waals surface area contributed by atoms with Crippen molar-refractivity contribution < 1.29 is 0 Å². The second-order valence-corrected chi connectivity index (χ2v) is 3.79. The van der Waals surface area contributed by atoms with Crippen LogP contribution in [0.5, 0.6) is 0 Å². The van der Waals surface area contributed by atoms with Gasteiger partial charge in [-0.25, -0.2) is 0 Å². The van der Waals surface area contributed by atoms with Gasteiger partial charge in [0.1, 0.15) is 0 Å². The van der Waals surface area contributed by atoms with Crippen LogP contribution in [0.1, 0.15) is 36.0 Å². The van der Waals surface area contributed by atoms with E-state index in [-0.39, 0.29) is 0 Å². The summed E-state index contributed by atoms with van der Waals surface area (Å²) in [7, 11) is 0. The largest absolute Gasteiger partial charge is 0.103 e. The summed E-state index contributed by atoms with van der Waals surface area (Å²) in [6, 6.07) is 6.66. The molecule has 0 nitrogen and oxygen atoms in total. The molecule has 0 aromatic heterocycles. The van der Waals surface area contributed by atoms with E-state index in [1.807, 2.05) is 6.08 Å². The first kappa shape index (κ1) is 10.0. The summed E-state index contributed by atoms with van der Waals surface area (Å²) in [4.78, 5) is 0. The number of benzene rings is 1. The highest BCUT2D eigenvalue weighted by molar-refractivity contribution is 5.32. The average Bonchev–Trinajstić information content (AvgIpc) is 2.04. The van der Waals surface area contributed by atoms with E-state index >= 15 is 0 Å². The third kappa shape index (κ3) is 2.45. The van der Waals surface area contributed by atoms with Crippen molar-refractivity contribution in [2.45, 2.75) is 33.1 Å². The Labute approximate surface area is 81.3 Å². The number of allylic oxidation sites excluding steroid dienone is 1. The number of aryl methyl sites for hydroxylation is 2. The third-order valence-electron chi connectivity index (χ3n) is 2.48. The molecule has 13 heavy (non-hydrogen) atoms. The second kappa shape index (κ2) is 4.27. The first-order valence-electron chi connectivity index (χ1n) is 4.83. The molecule has 1 rings (SSSR count). The van der Waals surface area contributed by atoms with E-state index in [1.165, 1.54) is 16.7 Å². The monoisotopic (exact) mass is 174 g/mol. The van der Waals surface area contributed by atoms with Gasteiger partial charge in [0.2, 0.25) is 0 Å². The summed E-state index contributed by atoms with van der Waals surface area (Å²) >= 11 is 0. The van der Waals surface area contributed by atoms with Crippen molar-refractivity contribution >= 4 is 0 Å². The van der Waals surface area contributed by atoms with Crippen LogP contribution < -0.4 is 0 Å². The standard InChI is InChI=1S/C13H18/c1-5-6-11(3)13-8-7-10(2)9-12(13)4/h5,7-9,11H,1,6H2,2-4H3. The Kier molecular flexibility index (Phi) is 3.30. The Morgan fingerprint density at radius 3 is 2.62 bits per heavy atom. The molecule has 1 aromatic carbocycles. The fraction of sp³-hybridized carbons (Fsp3) is 0.385. The second-order valence-electron chi connectivity index (χ2n) is 3.79. The minimum Gasteiger partial charge on any atom is -0.103 e. The average molecular weight is 174 g/mol. The summed E-state index contributed by atoms with van der Waals surface area (Å²) in [6.07, 6.45) is 3.05. The molecule has 0 fully saturated rings. The van der Waals surface area contributed by atoms with E-state index < -0.39 is 0 Å². The van der Waals surface area contributed by atoms with Crippen molar-refractivity contribution in [2.24, 2.45) is 0 Å². The molecule has 1 aromatic rings. The smallest absolute Gasteiger partial charge is 0.0153 e. The van der Waals surface area contributed by atoms with Gasteiger partial charge < -0.3 is 0 Å². The van der Waals surface area contributed by atoms with E-state index in [0.29, 0.717) is 5.92 Å². The highest BCUT2D eigenvalue weighted by Crippen LogP contribution is 2.23. The predicted molar refractivity (Wildman–Crippen MR) is 59.1 cm³/mol. The van der Waals surface area contributed by atoms with Crippen LogP contribution >= 0.6 is 0 Å². The lowest BCUT2D eigenvalue weighted by molar-refractivity contribution is 0.774. The minimum atomic E-state index is 0.595. The van der Waals surface area contributed by atoms with Gasteiger partial charge in [0, 0.05) is 0 Å². The molecule has 0 saturated carbocycles. The molecule has 0 aliphatic rings. The molecule has 0 aliphatic heterocycles. The molecule has 0 saturated heterocycles. The quantitative estimate of drug-likeness (QED) is 0.608. The zero-order valence-electron chi connectivity index (χ0n) is 8.80. The molecule has 1 unspecified atom stereocenters. The summed E-state index contributed by atoms with van der Waals surface area (Å²) in [6.45, 7) is 10.3. The summed E-state index contributed by atoms with van der Waals surface area (Å²) in [5, 5.41) is 0. The SMILES string of the molecule is C=CCC(C)c1ccc(C)cc1C. The molecule has 0 spiro atoms. The van der Waals surface area contributed by atoms with Crippen molar-refractivity contribution in [3.63, 3.8) is 0 Å². The lowest BCUT2D eigenvalue weighted by Crippen LogP contribution is -1.95. The molecule has 0 bridgehead atoms. The van der Waals surface area contributed by atoms with Gasteiger partial charge in [-0.2, -0.15) is 0 Å². The Bertz CT molecular complexity index is 297. The zero-order valence-corrected chi connectivity index (χ0v) is 8.80. The number of rotatable bonds is 3. The molecule has 0 N–H and O–H groups in total. The Balaban J connectivity index is 2.94. The van der Waals surface area contributed by atoms with Gasteiger partial charge in [-0.3, -0.25) is 0 Å². The van der Waals surface area contributed by atoms with Gasteiger partial charge in [0.15, 0.2) is 0 Å². The molecule has 0 amide bonds. The first-order valence-corrected chi connectivity index (χ1v) is 4.83. The zero-order chi connectivity index (χ0) is 9.84. The summed E-state index contributed by atoms with van der Waals surface area (Å²) < 4.78 is 0. The fourth-order valence-corrected chi connectivity index (χ4v) is 1.76. The van der Waals surface area contributed by atoms with Gasteiger partial charge in [0.25, 0.3) is 0 Å². The van der Waals surface area contributed by atoms with Gasteiger partial charge in [-0.05, 0) is 37.3 Å². The maximum Gasteiger partial charge on any atom is -0.0153 e. The van der Waals surface area contributed by atoms with E-state index in [1.54, 1.807) is 0 Å². The van der Waals surface area contributed by atoms with Crippen molar-refractivity contribution in [1.82, 2.24) is 0 Å². The van der Waals surface area contributed by atoms with Crippen molar-refractivity contribution in [1.29, 1.82) is 0 Å². The number of hydrogen-bond acceptors (Lipinski definition) is 0. The Hall–Kier alpha value is -1.04. The van der Waals surface area contributed by atoms with Crippen molar-refractivity contribution in [2.75, 3.05) is 0 Å². The molecule has 70 valence electrons. The summed E-state index contributed by atoms with van der Waals surface area (Å²) in [5.74, 6) is 0.595. The molecule has 0 heteroatoms. The van der Waals surface area contributed by atoms with Crippen LogP contribution in [0.3, 0.4) is 0 Å². The molecular weight excluding hydrogens is 156 g/mol. The molecule has 1 atom stereocenters. The van der Waals surface area contributed by atoms with Crippen LogP contribution in [0.2, 0.25) is 0 Å². The topological polar surface area (TPSA) is 0 Å². The first-order chi connectivity index (χ1) is 6.15. The maximum atomic E-state index is 3.77. The Morgan fingerprint density at radius 2 is 2.08 bits per heavy atom. The van der Waals surface area contributed by atoms with Gasteiger partial charge in [0.05, 0.1) is 0 Å². The lowest BCUT2D eigenvalue weighted by atomic mass is 9.93. The predicted octanol–water partition coefficient (Wildman–Crippen LogP) is 3.98. The maximum absolute atomic E-state index is 3.77. The van der Waals surface area contributed by atoms with Crippen molar-refractivity contribution in [3.8, 4) is 0 Å². The van der Waals surface area contributed by atoms with E-state index in [4.69, 9.17) is 0 Å². The lowest BCUT2D eigenvalue weighted by Gasteiger charge is -2.12. The van der Waals surface area contributed by atoms with Crippen molar-refractivity contribution in [3.05, 3.63) is 47.5 Å². The fourth-order valence-electron chi connectivity index (χ4n) is 1.76. The molecule has 0 radical (unpaired) electrons. The van der Waals surface area contributed by atoms with Gasteiger partial charge in [-0.15, -0.1) is 6.58 Å². The molecule has 0 aliphatic carbocycles. The van der Waals surface area contributed by atoms with Crippen LogP contribution in [-0.4, -0.2) is 0 Å². The van der Waals surface area contributed by atoms with E-state index in [0.717, 1.165) is 6.42 Å².